The Morgan fingerprint density at radius 1 is 1.37 bits per heavy atom. The third kappa shape index (κ3) is 2.40. The molecule has 0 bridgehead atoms. The lowest BCUT2D eigenvalue weighted by Crippen LogP contribution is -2.29. The Labute approximate surface area is 105 Å². The minimum absolute atomic E-state index is 0.0467. The summed E-state index contributed by atoms with van der Waals surface area (Å²) in [6, 6.07) is 4.22. The number of nitrogens with zero attached hydrogens (tertiary/aromatic N) is 1. The maximum absolute atomic E-state index is 12.1. The molecule has 1 aliphatic carbocycles. The Morgan fingerprint density at radius 3 is 2.74 bits per heavy atom. The number of oxazole rings is 1. The summed E-state index contributed by atoms with van der Waals surface area (Å²) in [6.07, 6.45) is -2.87. The number of hydrogen-bond donors (Lipinski definition) is 1. The van der Waals surface area contributed by atoms with E-state index in [0.717, 1.165) is 12.8 Å². The monoisotopic (exact) mass is 270 g/mol. The van der Waals surface area contributed by atoms with Crippen LogP contribution in [-0.2, 0) is 4.79 Å². The molecule has 0 aliphatic heterocycles. The normalized spacial score (nSPS) is 15.7. The molecule has 1 saturated carbocycles. The Bertz CT molecular complexity index is 644. The first kappa shape index (κ1) is 12.0. The van der Waals surface area contributed by atoms with Crippen LogP contribution in [0, 0.1) is 0 Å². The van der Waals surface area contributed by atoms with Gasteiger partial charge in [0.2, 0.25) is 0 Å². The fourth-order valence-electron chi connectivity index (χ4n) is 1.73. The van der Waals surface area contributed by atoms with E-state index < -0.39 is 12.1 Å². The number of halogens is 3. The quantitative estimate of drug-likeness (QED) is 0.911. The SMILES string of the molecule is O=C(Nc1ccc2oc(C3CC3)nc2c1)C(F)(F)F. The Hall–Kier alpha value is -2.05. The number of hydrogen-bond acceptors (Lipinski definition) is 3. The molecule has 0 atom stereocenters. The first-order valence-electron chi connectivity index (χ1n) is 5.72. The van der Waals surface area contributed by atoms with Crippen molar-refractivity contribution in [2.45, 2.75) is 24.9 Å². The molecule has 0 spiro atoms. The summed E-state index contributed by atoms with van der Waals surface area (Å²) in [6.45, 7) is 0. The summed E-state index contributed by atoms with van der Waals surface area (Å²) < 4.78 is 41.8. The van der Waals surface area contributed by atoms with E-state index in [1.807, 2.05) is 0 Å². The van der Waals surface area contributed by atoms with E-state index in [9.17, 15) is 18.0 Å². The van der Waals surface area contributed by atoms with Crippen LogP contribution in [0.3, 0.4) is 0 Å². The molecule has 1 aromatic heterocycles. The number of carbonyl (C=O) groups is 1. The lowest BCUT2D eigenvalue weighted by molar-refractivity contribution is -0.167. The van der Waals surface area contributed by atoms with Gasteiger partial charge in [0, 0.05) is 11.6 Å². The third-order valence-corrected chi connectivity index (χ3v) is 2.85. The van der Waals surface area contributed by atoms with Crippen molar-refractivity contribution < 1.29 is 22.4 Å². The van der Waals surface area contributed by atoms with Gasteiger partial charge in [-0.25, -0.2) is 4.98 Å². The minimum Gasteiger partial charge on any atom is -0.440 e. The molecule has 1 N–H and O–H groups in total. The Kier molecular flexibility index (Phi) is 2.51. The van der Waals surface area contributed by atoms with E-state index in [1.165, 1.54) is 18.2 Å². The number of benzene rings is 1. The molecular weight excluding hydrogens is 261 g/mol. The zero-order valence-corrected chi connectivity index (χ0v) is 9.62. The van der Waals surface area contributed by atoms with E-state index in [-0.39, 0.29) is 5.69 Å². The molecule has 3 rings (SSSR count). The first-order chi connectivity index (χ1) is 8.93. The van der Waals surface area contributed by atoms with Crippen LogP contribution >= 0.6 is 0 Å². The van der Waals surface area contributed by atoms with Gasteiger partial charge in [-0.2, -0.15) is 13.2 Å². The number of fused-ring (bicyclic) bond motifs is 1. The van der Waals surface area contributed by atoms with Gasteiger partial charge in [-0.3, -0.25) is 4.79 Å². The summed E-state index contributed by atoms with van der Waals surface area (Å²) in [5, 5.41) is 1.78. The number of anilines is 1. The fraction of sp³-hybridized carbons (Fsp3) is 0.333. The van der Waals surface area contributed by atoms with Crippen LogP contribution in [0.25, 0.3) is 11.1 Å². The lowest BCUT2D eigenvalue weighted by atomic mass is 10.3. The van der Waals surface area contributed by atoms with Crippen LogP contribution in [0.15, 0.2) is 22.6 Å². The number of carbonyl (C=O) groups excluding carboxylic acids is 1. The first-order valence-corrected chi connectivity index (χ1v) is 5.72. The smallest absolute Gasteiger partial charge is 0.440 e. The van der Waals surface area contributed by atoms with Crippen LogP contribution < -0.4 is 5.32 Å². The standard InChI is InChI=1S/C12H9F3N2O2/c13-12(14,15)11(18)16-7-3-4-9-8(5-7)17-10(19-9)6-1-2-6/h3-6H,1-2H2,(H,16,18). The number of alkyl halides is 3. The second kappa shape index (κ2) is 3.97. The van der Waals surface area contributed by atoms with Gasteiger partial charge < -0.3 is 9.73 Å². The summed E-state index contributed by atoms with van der Waals surface area (Å²) in [7, 11) is 0. The van der Waals surface area contributed by atoms with Gasteiger partial charge in [0.25, 0.3) is 0 Å². The van der Waals surface area contributed by atoms with E-state index in [0.29, 0.717) is 22.9 Å². The molecule has 0 radical (unpaired) electrons. The molecule has 1 aliphatic rings. The highest BCUT2D eigenvalue weighted by Gasteiger charge is 2.38. The molecule has 1 fully saturated rings. The molecule has 7 heteroatoms. The van der Waals surface area contributed by atoms with Crippen molar-refractivity contribution >= 4 is 22.7 Å². The molecule has 19 heavy (non-hydrogen) atoms. The van der Waals surface area contributed by atoms with Crippen molar-refractivity contribution in [3.8, 4) is 0 Å². The highest BCUT2D eigenvalue weighted by atomic mass is 19.4. The molecule has 1 heterocycles. The number of amides is 1. The summed E-state index contributed by atoms with van der Waals surface area (Å²) in [5.41, 5.74) is 0.999. The number of nitrogens with one attached hydrogen (secondary N) is 1. The molecular formula is C12H9F3N2O2. The Morgan fingerprint density at radius 2 is 2.11 bits per heavy atom. The molecule has 2 aromatic rings. The van der Waals surface area contributed by atoms with Crippen molar-refractivity contribution in [1.82, 2.24) is 4.98 Å². The summed E-state index contributed by atoms with van der Waals surface area (Å²) >= 11 is 0. The van der Waals surface area contributed by atoms with Crippen molar-refractivity contribution in [1.29, 1.82) is 0 Å². The van der Waals surface area contributed by atoms with Crippen LogP contribution in [0.4, 0.5) is 18.9 Å². The van der Waals surface area contributed by atoms with Gasteiger partial charge in [-0.1, -0.05) is 0 Å². The van der Waals surface area contributed by atoms with E-state index >= 15 is 0 Å². The molecule has 1 amide bonds. The topological polar surface area (TPSA) is 55.1 Å². The average Bonchev–Trinajstić information content (AvgIpc) is 3.08. The molecule has 0 saturated heterocycles. The van der Waals surface area contributed by atoms with Crippen LogP contribution in [0.2, 0.25) is 0 Å². The van der Waals surface area contributed by atoms with Crippen molar-refractivity contribution in [3.63, 3.8) is 0 Å². The zero-order chi connectivity index (χ0) is 13.6. The van der Waals surface area contributed by atoms with E-state index in [1.54, 1.807) is 5.32 Å². The summed E-state index contributed by atoms with van der Waals surface area (Å²) in [5.74, 6) is -1.08. The van der Waals surface area contributed by atoms with Gasteiger partial charge >= 0.3 is 12.1 Å². The maximum Gasteiger partial charge on any atom is 0.471 e. The molecule has 1 aromatic carbocycles. The van der Waals surface area contributed by atoms with Gasteiger partial charge in [0.1, 0.15) is 5.52 Å². The van der Waals surface area contributed by atoms with Gasteiger partial charge in [-0.15, -0.1) is 0 Å². The van der Waals surface area contributed by atoms with Gasteiger partial charge in [0.05, 0.1) is 0 Å². The van der Waals surface area contributed by atoms with Crippen molar-refractivity contribution in [2.75, 3.05) is 5.32 Å². The number of rotatable bonds is 2. The van der Waals surface area contributed by atoms with Gasteiger partial charge in [0.15, 0.2) is 11.5 Å². The summed E-state index contributed by atoms with van der Waals surface area (Å²) in [4.78, 5) is 15.0. The molecule has 100 valence electrons. The Balaban J connectivity index is 1.86. The van der Waals surface area contributed by atoms with Crippen LogP contribution in [0.1, 0.15) is 24.7 Å². The minimum atomic E-state index is -4.90. The average molecular weight is 270 g/mol. The molecule has 0 unspecified atom stereocenters. The predicted molar refractivity (Wildman–Crippen MR) is 60.7 cm³/mol. The third-order valence-electron chi connectivity index (χ3n) is 2.85. The predicted octanol–water partition coefficient (Wildman–Crippen LogP) is 3.21. The maximum atomic E-state index is 12.1. The second-order valence-electron chi connectivity index (χ2n) is 4.46. The van der Waals surface area contributed by atoms with E-state index in [2.05, 4.69) is 4.98 Å². The van der Waals surface area contributed by atoms with Crippen molar-refractivity contribution in [2.24, 2.45) is 0 Å². The van der Waals surface area contributed by atoms with Gasteiger partial charge in [-0.05, 0) is 31.0 Å². The zero-order valence-electron chi connectivity index (χ0n) is 9.62. The van der Waals surface area contributed by atoms with Crippen molar-refractivity contribution in [3.05, 3.63) is 24.1 Å². The van der Waals surface area contributed by atoms with Crippen LogP contribution in [0.5, 0.6) is 0 Å². The van der Waals surface area contributed by atoms with Crippen LogP contribution in [-0.4, -0.2) is 17.1 Å². The largest absolute Gasteiger partial charge is 0.471 e. The number of aromatic nitrogens is 1. The molecule has 4 nitrogen and oxygen atoms in total. The highest BCUT2D eigenvalue weighted by molar-refractivity contribution is 5.96. The highest BCUT2D eigenvalue weighted by Crippen LogP contribution is 2.40. The second-order valence-corrected chi connectivity index (χ2v) is 4.46. The fourth-order valence-corrected chi connectivity index (χ4v) is 1.73. The lowest BCUT2D eigenvalue weighted by Gasteiger charge is -2.07. The van der Waals surface area contributed by atoms with E-state index in [4.69, 9.17) is 4.42 Å².